The molecular weight excluding hydrogens is 182 g/mol. The predicted molar refractivity (Wildman–Crippen MR) is 53.4 cm³/mol. The summed E-state index contributed by atoms with van der Waals surface area (Å²) >= 11 is 0. The van der Waals surface area contributed by atoms with Crippen molar-refractivity contribution in [2.45, 2.75) is 33.2 Å². The predicted octanol–water partition coefficient (Wildman–Crippen LogP) is 1.30. The van der Waals surface area contributed by atoms with E-state index in [1.54, 1.807) is 0 Å². The second kappa shape index (κ2) is 4.13. The van der Waals surface area contributed by atoms with Crippen molar-refractivity contribution in [3.8, 4) is 0 Å². The lowest BCUT2D eigenvalue weighted by molar-refractivity contribution is -0.137. The molecule has 0 aliphatic carbocycles. The highest BCUT2D eigenvalue weighted by molar-refractivity contribution is 5.77. The first-order chi connectivity index (χ1) is 6.56. The van der Waals surface area contributed by atoms with Crippen LogP contribution < -0.4 is 5.32 Å². The Kier molecular flexibility index (Phi) is 3.11. The van der Waals surface area contributed by atoms with Crippen molar-refractivity contribution in [3.63, 3.8) is 0 Å². The highest BCUT2D eigenvalue weighted by atomic mass is 16.4. The van der Waals surface area contributed by atoms with Gasteiger partial charge in [0.1, 0.15) is 6.04 Å². The summed E-state index contributed by atoms with van der Waals surface area (Å²) < 4.78 is 0. The van der Waals surface area contributed by atoms with Crippen LogP contribution in [0, 0.1) is 13.8 Å². The minimum absolute atomic E-state index is 0.541. The minimum atomic E-state index is -0.840. The summed E-state index contributed by atoms with van der Waals surface area (Å²) in [5.74, 6) is -0.840. The van der Waals surface area contributed by atoms with Crippen LogP contribution in [0.4, 0.5) is 5.69 Å². The monoisotopic (exact) mass is 197 g/mol. The van der Waals surface area contributed by atoms with E-state index in [2.05, 4.69) is 15.5 Å². The van der Waals surface area contributed by atoms with Crippen molar-refractivity contribution in [1.82, 2.24) is 10.2 Å². The average molecular weight is 197 g/mol. The number of carbonyl (C=O) groups is 1. The Bertz CT molecular complexity index is 313. The van der Waals surface area contributed by atoms with Crippen LogP contribution in [0.25, 0.3) is 0 Å². The van der Waals surface area contributed by atoms with Crippen molar-refractivity contribution in [2.75, 3.05) is 5.32 Å². The third kappa shape index (κ3) is 2.04. The van der Waals surface area contributed by atoms with Gasteiger partial charge in [0.25, 0.3) is 0 Å². The Labute approximate surface area is 82.5 Å². The number of carboxylic acid groups (broad SMARTS) is 1. The van der Waals surface area contributed by atoms with Crippen LogP contribution in [0.15, 0.2) is 0 Å². The Hall–Kier alpha value is -1.52. The van der Waals surface area contributed by atoms with E-state index in [4.69, 9.17) is 5.11 Å². The molecule has 0 aliphatic heterocycles. The number of aromatic nitrogens is 2. The second-order valence-electron chi connectivity index (χ2n) is 3.25. The fraction of sp³-hybridized carbons (Fsp3) is 0.556. The average Bonchev–Trinajstić information content (AvgIpc) is 2.43. The third-order valence-corrected chi connectivity index (χ3v) is 2.15. The lowest BCUT2D eigenvalue weighted by Crippen LogP contribution is -2.28. The summed E-state index contributed by atoms with van der Waals surface area (Å²) in [5, 5.41) is 18.6. The molecule has 5 nitrogen and oxygen atoms in total. The van der Waals surface area contributed by atoms with Gasteiger partial charge in [0.2, 0.25) is 0 Å². The topological polar surface area (TPSA) is 78.0 Å². The Morgan fingerprint density at radius 1 is 1.64 bits per heavy atom. The van der Waals surface area contributed by atoms with Crippen molar-refractivity contribution in [3.05, 3.63) is 11.4 Å². The lowest BCUT2D eigenvalue weighted by Gasteiger charge is -2.13. The molecule has 0 spiro atoms. The summed E-state index contributed by atoms with van der Waals surface area (Å²) in [7, 11) is 0. The first-order valence-electron chi connectivity index (χ1n) is 4.57. The SMILES string of the molecule is CCC(Nc1c(C)n[nH]c1C)C(=O)O. The lowest BCUT2D eigenvalue weighted by atomic mass is 10.2. The summed E-state index contributed by atoms with van der Waals surface area (Å²) in [5.41, 5.74) is 2.45. The number of anilines is 1. The van der Waals surface area contributed by atoms with Crippen LogP contribution in [-0.4, -0.2) is 27.3 Å². The summed E-state index contributed by atoms with van der Waals surface area (Å²) in [6.45, 7) is 5.52. The third-order valence-electron chi connectivity index (χ3n) is 2.15. The van der Waals surface area contributed by atoms with Gasteiger partial charge < -0.3 is 10.4 Å². The summed E-state index contributed by atoms with van der Waals surface area (Å²) in [6.07, 6.45) is 0.541. The molecule has 0 bridgehead atoms. The number of hydrogen-bond acceptors (Lipinski definition) is 3. The first-order valence-corrected chi connectivity index (χ1v) is 4.57. The molecule has 0 saturated carbocycles. The number of nitrogens with one attached hydrogen (secondary N) is 2. The van der Waals surface area contributed by atoms with Gasteiger partial charge in [0, 0.05) is 0 Å². The normalized spacial score (nSPS) is 12.5. The van der Waals surface area contributed by atoms with Crippen LogP contribution in [0.1, 0.15) is 24.7 Å². The van der Waals surface area contributed by atoms with Gasteiger partial charge in [0.15, 0.2) is 0 Å². The molecule has 0 radical (unpaired) electrons. The second-order valence-corrected chi connectivity index (χ2v) is 3.25. The molecule has 1 atom stereocenters. The van der Waals surface area contributed by atoms with E-state index < -0.39 is 12.0 Å². The number of aliphatic carboxylic acids is 1. The molecule has 1 heterocycles. The van der Waals surface area contributed by atoms with E-state index in [1.807, 2.05) is 20.8 Å². The number of nitrogens with zero attached hydrogens (tertiary/aromatic N) is 1. The Morgan fingerprint density at radius 2 is 2.29 bits per heavy atom. The van der Waals surface area contributed by atoms with E-state index in [9.17, 15) is 4.79 Å². The summed E-state index contributed by atoms with van der Waals surface area (Å²) in [4.78, 5) is 10.8. The molecule has 1 aromatic heterocycles. The first kappa shape index (κ1) is 10.6. The highest BCUT2D eigenvalue weighted by Crippen LogP contribution is 2.17. The molecule has 1 unspecified atom stereocenters. The molecule has 5 heteroatoms. The van der Waals surface area contributed by atoms with E-state index in [0.717, 1.165) is 17.1 Å². The molecule has 0 amide bonds. The molecule has 78 valence electrons. The number of carboxylic acids is 1. The van der Waals surface area contributed by atoms with Crippen LogP contribution in [0.5, 0.6) is 0 Å². The van der Waals surface area contributed by atoms with Gasteiger partial charge in [-0.25, -0.2) is 4.79 Å². The van der Waals surface area contributed by atoms with Gasteiger partial charge in [-0.1, -0.05) is 6.92 Å². The molecule has 3 N–H and O–H groups in total. The van der Waals surface area contributed by atoms with E-state index in [1.165, 1.54) is 0 Å². The Morgan fingerprint density at radius 3 is 2.64 bits per heavy atom. The number of rotatable bonds is 4. The van der Waals surface area contributed by atoms with Crippen LogP contribution in [0.3, 0.4) is 0 Å². The number of aryl methyl sites for hydroxylation is 2. The number of aromatic amines is 1. The quantitative estimate of drug-likeness (QED) is 0.679. The standard InChI is InChI=1S/C9H15N3O2/c1-4-7(9(13)14)10-8-5(2)11-12-6(8)3/h7,10H,4H2,1-3H3,(H,11,12)(H,13,14). The van der Waals surface area contributed by atoms with Crippen molar-refractivity contribution >= 4 is 11.7 Å². The zero-order valence-corrected chi connectivity index (χ0v) is 8.59. The van der Waals surface area contributed by atoms with Crippen molar-refractivity contribution < 1.29 is 9.90 Å². The molecule has 0 fully saturated rings. The van der Waals surface area contributed by atoms with Crippen LogP contribution in [0.2, 0.25) is 0 Å². The molecule has 0 aliphatic rings. The molecule has 0 saturated heterocycles. The van der Waals surface area contributed by atoms with Gasteiger partial charge in [-0.05, 0) is 20.3 Å². The summed E-state index contributed by atoms with van der Waals surface area (Å²) in [6, 6.07) is -0.551. The van der Waals surface area contributed by atoms with Gasteiger partial charge in [-0.3, -0.25) is 5.10 Å². The van der Waals surface area contributed by atoms with Crippen LogP contribution >= 0.6 is 0 Å². The van der Waals surface area contributed by atoms with Crippen molar-refractivity contribution in [2.24, 2.45) is 0 Å². The molecule has 14 heavy (non-hydrogen) atoms. The number of H-pyrrole nitrogens is 1. The highest BCUT2D eigenvalue weighted by Gasteiger charge is 2.17. The zero-order chi connectivity index (χ0) is 10.7. The fourth-order valence-electron chi connectivity index (χ4n) is 1.28. The van der Waals surface area contributed by atoms with Crippen molar-refractivity contribution in [1.29, 1.82) is 0 Å². The smallest absolute Gasteiger partial charge is 0.326 e. The van der Waals surface area contributed by atoms with Gasteiger partial charge in [-0.2, -0.15) is 5.10 Å². The minimum Gasteiger partial charge on any atom is -0.480 e. The molecule has 0 aromatic carbocycles. The van der Waals surface area contributed by atoms with Gasteiger partial charge >= 0.3 is 5.97 Å². The number of hydrogen-bond donors (Lipinski definition) is 3. The maximum atomic E-state index is 10.8. The molecule has 1 rings (SSSR count). The Balaban J connectivity index is 2.81. The zero-order valence-electron chi connectivity index (χ0n) is 8.59. The maximum Gasteiger partial charge on any atom is 0.326 e. The maximum absolute atomic E-state index is 10.8. The van der Waals surface area contributed by atoms with Gasteiger partial charge in [0.05, 0.1) is 17.1 Å². The van der Waals surface area contributed by atoms with E-state index in [-0.39, 0.29) is 0 Å². The molecular formula is C9H15N3O2. The fourth-order valence-corrected chi connectivity index (χ4v) is 1.28. The van der Waals surface area contributed by atoms with E-state index >= 15 is 0 Å². The molecule has 1 aromatic rings. The van der Waals surface area contributed by atoms with E-state index in [0.29, 0.717) is 6.42 Å². The van der Waals surface area contributed by atoms with Crippen LogP contribution in [-0.2, 0) is 4.79 Å². The largest absolute Gasteiger partial charge is 0.480 e. The van der Waals surface area contributed by atoms with Gasteiger partial charge in [-0.15, -0.1) is 0 Å².